The van der Waals surface area contributed by atoms with E-state index in [0.717, 1.165) is 42.9 Å². The number of aromatic nitrogens is 2. The lowest BCUT2D eigenvalue weighted by atomic mass is 10.0. The van der Waals surface area contributed by atoms with Crippen molar-refractivity contribution in [1.29, 1.82) is 0 Å². The fourth-order valence-electron chi connectivity index (χ4n) is 4.69. The number of halogens is 1. The summed E-state index contributed by atoms with van der Waals surface area (Å²) in [5.74, 6) is 1.98. The SMILES string of the molecule is Cc1cccc(-c2ncc(N3C[C@@H]4CC(C)(OC(N)=O)C[C@@H]4C3)nc2N)c1Cl. The number of carbonyl (C=O) groups excluding carboxylic acids is 1. The second kappa shape index (κ2) is 6.81. The maximum Gasteiger partial charge on any atom is 0.405 e. The molecule has 7 nitrogen and oxygen atoms in total. The van der Waals surface area contributed by atoms with E-state index in [1.807, 2.05) is 32.0 Å². The summed E-state index contributed by atoms with van der Waals surface area (Å²) in [7, 11) is 0. The van der Waals surface area contributed by atoms with Crippen LogP contribution in [0.1, 0.15) is 25.3 Å². The number of anilines is 2. The Labute approximate surface area is 169 Å². The fraction of sp³-hybridized carbons (Fsp3) is 0.450. The number of benzene rings is 1. The van der Waals surface area contributed by atoms with Crippen molar-refractivity contribution in [1.82, 2.24) is 9.97 Å². The molecule has 3 atom stereocenters. The predicted molar refractivity (Wildman–Crippen MR) is 109 cm³/mol. The van der Waals surface area contributed by atoms with Gasteiger partial charge >= 0.3 is 6.09 Å². The van der Waals surface area contributed by atoms with Gasteiger partial charge in [-0.15, -0.1) is 0 Å². The monoisotopic (exact) mass is 401 g/mol. The molecule has 2 aromatic rings. The van der Waals surface area contributed by atoms with Gasteiger partial charge in [0.1, 0.15) is 17.1 Å². The number of primary amides is 1. The molecule has 2 aliphatic rings. The van der Waals surface area contributed by atoms with Crippen molar-refractivity contribution in [3.8, 4) is 11.3 Å². The minimum atomic E-state index is -0.705. The van der Waals surface area contributed by atoms with Crippen LogP contribution in [0.4, 0.5) is 16.4 Å². The van der Waals surface area contributed by atoms with Crippen LogP contribution in [-0.4, -0.2) is 34.8 Å². The van der Waals surface area contributed by atoms with Gasteiger partial charge in [-0.1, -0.05) is 29.8 Å². The molecule has 148 valence electrons. The van der Waals surface area contributed by atoms with Crippen LogP contribution in [-0.2, 0) is 4.74 Å². The first-order valence-corrected chi connectivity index (χ1v) is 9.75. The molecule has 28 heavy (non-hydrogen) atoms. The first-order chi connectivity index (χ1) is 13.3. The molecule has 8 heteroatoms. The number of hydrogen-bond acceptors (Lipinski definition) is 6. The zero-order valence-corrected chi connectivity index (χ0v) is 16.7. The second-order valence-corrected chi connectivity index (χ2v) is 8.48. The van der Waals surface area contributed by atoms with Gasteiger partial charge in [0.2, 0.25) is 0 Å². The number of carbonyl (C=O) groups is 1. The standard InChI is InChI=1S/C20H24ClN5O2/c1-11-4-3-5-14(16(11)21)17-18(22)25-15(8-24-17)26-9-12-6-20(2,28-19(23)27)7-13(12)10-26/h3-5,8,12-13H,6-7,9-10H2,1-2H3,(H2,22,25)(H2,23,27)/t12-,13+,20?. The summed E-state index contributed by atoms with van der Waals surface area (Å²) in [6.45, 7) is 5.57. The maximum atomic E-state index is 11.1. The van der Waals surface area contributed by atoms with Gasteiger partial charge in [-0.2, -0.15) is 0 Å². The Bertz CT molecular complexity index is 921. The normalized spacial score (nSPS) is 26.3. The number of ether oxygens (including phenoxy) is 1. The molecule has 1 aliphatic heterocycles. The zero-order chi connectivity index (χ0) is 20.1. The lowest BCUT2D eigenvalue weighted by Crippen LogP contribution is -2.34. The van der Waals surface area contributed by atoms with E-state index in [2.05, 4.69) is 14.9 Å². The summed E-state index contributed by atoms with van der Waals surface area (Å²) in [6, 6.07) is 5.77. The Morgan fingerprint density at radius 1 is 1.32 bits per heavy atom. The van der Waals surface area contributed by atoms with Crippen molar-refractivity contribution in [3.05, 3.63) is 35.0 Å². The molecule has 0 radical (unpaired) electrons. The number of hydrogen-bond donors (Lipinski definition) is 2. The molecule has 1 amide bonds. The zero-order valence-electron chi connectivity index (χ0n) is 16.0. The van der Waals surface area contributed by atoms with Crippen LogP contribution in [0.25, 0.3) is 11.3 Å². The summed E-state index contributed by atoms with van der Waals surface area (Å²) < 4.78 is 5.34. The third kappa shape index (κ3) is 3.35. The van der Waals surface area contributed by atoms with E-state index in [0.29, 0.717) is 28.4 Å². The third-order valence-corrected chi connectivity index (χ3v) is 6.37. The topological polar surface area (TPSA) is 107 Å². The average Bonchev–Trinajstić information content (AvgIpc) is 3.11. The summed E-state index contributed by atoms with van der Waals surface area (Å²) >= 11 is 6.42. The minimum absolute atomic E-state index is 0.365. The number of nitrogens with two attached hydrogens (primary N) is 2. The third-order valence-electron chi connectivity index (χ3n) is 5.87. The van der Waals surface area contributed by atoms with Crippen LogP contribution in [0.5, 0.6) is 0 Å². The molecule has 1 aromatic heterocycles. The van der Waals surface area contributed by atoms with E-state index >= 15 is 0 Å². The quantitative estimate of drug-likeness (QED) is 0.816. The number of nitrogens with zero attached hydrogens (tertiary/aromatic N) is 3. The highest BCUT2D eigenvalue weighted by Gasteiger charge is 2.49. The number of fused-ring (bicyclic) bond motifs is 1. The van der Waals surface area contributed by atoms with E-state index in [4.69, 9.17) is 27.8 Å². The van der Waals surface area contributed by atoms with Crippen molar-refractivity contribution in [2.45, 2.75) is 32.3 Å². The van der Waals surface area contributed by atoms with Crippen LogP contribution in [0, 0.1) is 18.8 Å². The molecule has 2 heterocycles. The highest BCUT2D eigenvalue weighted by atomic mass is 35.5. The number of aryl methyl sites for hydroxylation is 1. The van der Waals surface area contributed by atoms with E-state index < -0.39 is 11.7 Å². The Kier molecular flexibility index (Phi) is 4.57. The molecule has 4 N–H and O–H groups in total. The van der Waals surface area contributed by atoms with Gasteiger partial charge in [-0.05, 0) is 44.1 Å². The van der Waals surface area contributed by atoms with Gasteiger partial charge in [0.15, 0.2) is 5.82 Å². The average molecular weight is 402 g/mol. The highest BCUT2D eigenvalue weighted by Crippen LogP contribution is 2.46. The van der Waals surface area contributed by atoms with E-state index in [-0.39, 0.29) is 0 Å². The molecular weight excluding hydrogens is 378 g/mol. The molecule has 2 fully saturated rings. The molecule has 1 unspecified atom stereocenters. The number of nitrogen functional groups attached to an aromatic ring is 1. The molecule has 0 spiro atoms. The lowest BCUT2D eigenvalue weighted by molar-refractivity contribution is 0.0312. The van der Waals surface area contributed by atoms with Crippen molar-refractivity contribution >= 4 is 29.3 Å². The highest BCUT2D eigenvalue weighted by molar-refractivity contribution is 6.34. The first-order valence-electron chi connectivity index (χ1n) is 9.37. The van der Waals surface area contributed by atoms with Gasteiger partial charge in [0.25, 0.3) is 0 Å². The second-order valence-electron chi connectivity index (χ2n) is 8.10. The molecule has 0 bridgehead atoms. The lowest BCUT2D eigenvalue weighted by Gasteiger charge is -2.26. The molecule has 1 aromatic carbocycles. The van der Waals surface area contributed by atoms with Crippen LogP contribution in [0.2, 0.25) is 5.02 Å². The predicted octanol–water partition coefficient (Wildman–Crippen LogP) is 3.39. The van der Waals surface area contributed by atoms with Crippen molar-refractivity contribution in [2.24, 2.45) is 17.6 Å². The van der Waals surface area contributed by atoms with Gasteiger partial charge in [-0.3, -0.25) is 0 Å². The number of rotatable bonds is 3. The minimum Gasteiger partial charge on any atom is -0.443 e. The molecule has 1 saturated carbocycles. The fourth-order valence-corrected chi connectivity index (χ4v) is 4.91. The summed E-state index contributed by atoms with van der Waals surface area (Å²) in [4.78, 5) is 22.5. The van der Waals surface area contributed by atoms with Crippen molar-refractivity contribution in [2.75, 3.05) is 23.7 Å². The largest absolute Gasteiger partial charge is 0.443 e. The Morgan fingerprint density at radius 3 is 2.61 bits per heavy atom. The van der Waals surface area contributed by atoms with E-state index in [1.54, 1.807) is 6.20 Å². The molecule has 4 rings (SSSR count). The summed E-state index contributed by atoms with van der Waals surface area (Å²) in [5, 5.41) is 0.640. The Hall–Kier alpha value is -2.54. The van der Waals surface area contributed by atoms with Gasteiger partial charge in [0.05, 0.1) is 11.2 Å². The van der Waals surface area contributed by atoms with Crippen LogP contribution in [0.3, 0.4) is 0 Å². The van der Waals surface area contributed by atoms with Gasteiger partial charge in [0, 0.05) is 18.7 Å². The Balaban J connectivity index is 1.51. The van der Waals surface area contributed by atoms with Gasteiger partial charge in [-0.25, -0.2) is 14.8 Å². The van der Waals surface area contributed by atoms with Crippen LogP contribution >= 0.6 is 11.6 Å². The van der Waals surface area contributed by atoms with E-state index in [9.17, 15) is 4.79 Å². The van der Waals surface area contributed by atoms with Crippen molar-refractivity contribution < 1.29 is 9.53 Å². The van der Waals surface area contributed by atoms with Crippen LogP contribution < -0.4 is 16.4 Å². The van der Waals surface area contributed by atoms with Crippen LogP contribution in [0.15, 0.2) is 24.4 Å². The number of amides is 1. The van der Waals surface area contributed by atoms with Crippen molar-refractivity contribution in [3.63, 3.8) is 0 Å². The smallest absolute Gasteiger partial charge is 0.405 e. The molecule has 1 aliphatic carbocycles. The molecular formula is C20H24ClN5O2. The molecule has 1 saturated heterocycles. The summed E-state index contributed by atoms with van der Waals surface area (Å²) in [6.07, 6.45) is 2.65. The Morgan fingerprint density at radius 2 is 2.00 bits per heavy atom. The van der Waals surface area contributed by atoms with E-state index in [1.165, 1.54) is 0 Å². The maximum absolute atomic E-state index is 11.1. The first kappa shape index (κ1) is 18.8. The van der Waals surface area contributed by atoms with Gasteiger partial charge < -0.3 is 21.1 Å². The summed E-state index contributed by atoms with van der Waals surface area (Å²) in [5.41, 5.74) is 13.3.